The maximum absolute atomic E-state index is 12.6. The van der Waals surface area contributed by atoms with Gasteiger partial charge in [-0.15, -0.1) is 17.5 Å². The summed E-state index contributed by atoms with van der Waals surface area (Å²) in [6, 6.07) is 4.10. The van der Waals surface area contributed by atoms with Gasteiger partial charge in [-0.05, 0) is 47.7 Å². The summed E-state index contributed by atoms with van der Waals surface area (Å²) in [4.78, 5) is 16.9. The van der Waals surface area contributed by atoms with Crippen molar-refractivity contribution in [2.24, 2.45) is 5.92 Å². The van der Waals surface area contributed by atoms with Gasteiger partial charge in [0.15, 0.2) is 11.6 Å². The van der Waals surface area contributed by atoms with Gasteiger partial charge in [-0.2, -0.15) is 0 Å². The van der Waals surface area contributed by atoms with Crippen LogP contribution in [-0.4, -0.2) is 62.1 Å². The summed E-state index contributed by atoms with van der Waals surface area (Å²) < 4.78 is 7.39. The van der Waals surface area contributed by atoms with Gasteiger partial charge in [-0.25, -0.2) is 4.68 Å². The van der Waals surface area contributed by atoms with E-state index in [1.165, 1.54) is 19.3 Å². The number of halogens is 1. The van der Waals surface area contributed by atoms with Gasteiger partial charge in [0, 0.05) is 26.2 Å². The summed E-state index contributed by atoms with van der Waals surface area (Å²) in [5, 5.41) is 12.9. The van der Waals surface area contributed by atoms with E-state index in [4.69, 9.17) is 4.42 Å². The van der Waals surface area contributed by atoms with Crippen LogP contribution in [0.5, 0.6) is 0 Å². The zero-order chi connectivity index (χ0) is 20.2. The fourth-order valence-corrected chi connectivity index (χ4v) is 4.66. The van der Waals surface area contributed by atoms with E-state index < -0.39 is 0 Å². The fourth-order valence-electron chi connectivity index (χ4n) is 4.66. The van der Waals surface area contributed by atoms with Gasteiger partial charge in [0.2, 0.25) is 0 Å². The van der Waals surface area contributed by atoms with Crippen molar-refractivity contribution in [3.63, 3.8) is 0 Å². The lowest BCUT2D eigenvalue weighted by molar-refractivity contribution is 0.0496. The van der Waals surface area contributed by atoms with E-state index in [1.807, 2.05) is 4.90 Å². The molecular weight excluding hydrogens is 404 g/mol. The third-order valence-electron chi connectivity index (χ3n) is 6.21. The minimum absolute atomic E-state index is 0. The van der Waals surface area contributed by atoms with Crippen LogP contribution in [0.4, 0.5) is 0 Å². The molecule has 1 amide bonds. The largest absolute Gasteiger partial charge is 0.459 e. The third kappa shape index (κ3) is 5.03. The average molecular weight is 437 g/mol. The Labute approximate surface area is 184 Å². The number of rotatable bonds is 6. The first kappa shape index (κ1) is 22.7. The molecule has 166 valence electrons. The maximum Gasteiger partial charge on any atom is 0.289 e. The molecule has 0 bridgehead atoms. The topological polar surface area (TPSA) is 80.3 Å². The summed E-state index contributed by atoms with van der Waals surface area (Å²) in [6.45, 7) is 7.53. The van der Waals surface area contributed by atoms with E-state index in [0.29, 0.717) is 30.8 Å². The van der Waals surface area contributed by atoms with Crippen LogP contribution in [0.25, 0.3) is 0 Å². The number of amides is 1. The molecule has 1 unspecified atom stereocenters. The summed E-state index contributed by atoms with van der Waals surface area (Å²) in [5.41, 5.74) is 0. The number of hydrogen-bond acceptors (Lipinski definition) is 6. The number of hydrogen-bond donors (Lipinski definition) is 0. The van der Waals surface area contributed by atoms with Crippen molar-refractivity contribution < 1.29 is 9.21 Å². The van der Waals surface area contributed by atoms with Crippen LogP contribution in [0, 0.1) is 5.92 Å². The predicted octanol–water partition coefficient (Wildman–Crippen LogP) is 3.74. The highest BCUT2D eigenvalue weighted by atomic mass is 35.5. The highest BCUT2D eigenvalue weighted by Crippen LogP contribution is 2.33. The van der Waals surface area contributed by atoms with Crippen molar-refractivity contribution in [3.8, 4) is 0 Å². The number of carbonyl (C=O) groups excluding carboxylic acids is 1. The molecule has 1 saturated heterocycles. The molecule has 1 aliphatic carbocycles. The Balaban J connectivity index is 0.00000256. The van der Waals surface area contributed by atoms with Gasteiger partial charge in [0.1, 0.15) is 0 Å². The lowest BCUT2D eigenvalue weighted by Gasteiger charge is -2.39. The first-order valence-corrected chi connectivity index (χ1v) is 11.0. The van der Waals surface area contributed by atoms with E-state index in [2.05, 4.69) is 39.0 Å². The first-order valence-electron chi connectivity index (χ1n) is 11.0. The van der Waals surface area contributed by atoms with Crippen molar-refractivity contribution in [1.29, 1.82) is 0 Å². The number of furan rings is 1. The Hall–Kier alpha value is -1.93. The molecule has 2 aliphatic rings. The monoisotopic (exact) mass is 436 g/mol. The van der Waals surface area contributed by atoms with E-state index >= 15 is 0 Å². The van der Waals surface area contributed by atoms with Gasteiger partial charge in [0.25, 0.3) is 5.91 Å². The SMILES string of the molecule is CC(C)CC(c1nnnn1C1CCCCC1)N1CCN(C(=O)c2ccco2)CC1.Cl. The van der Waals surface area contributed by atoms with Crippen molar-refractivity contribution in [2.45, 2.75) is 64.5 Å². The van der Waals surface area contributed by atoms with Gasteiger partial charge in [-0.3, -0.25) is 9.69 Å². The minimum atomic E-state index is -0.0258. The second-order valence-electron chi connectivity index (χ2n) is 8.72. The lowest BCUT2D eigenvalue weighted by Crippen LogP contribution is -2.50. The van der Waals surface area contributed by atoms with Gasteiger partial charge in [0.05, 0.1) is 18.3 Å². The Morgan fingerprint density at radius 1 is 1.17 bits per heavy atom. The molecule has 30 heavy (non-hydrogen) atoms. The van der Waals surface area contributed by atoms with Crippen molar-refractivity contribution in [3.05, 3.63) is 30.0 Å². The van der Waals surface area contributed by atoms with Crippen LogP contribution in [0.3, 0.4) is 0 Å². The second-order valence-corrected chi connectivity index (χ2v) is 8.72. The average Bonchev–Trinajstić information content (AvgIpc) is 3.44. The molecule has 4 rings (SSSR count). The van der Waals surface area contributed by atoms with Crippen molar-refractivity contribution in [2.75, 3.05) is 26.2 Å². The first-order chi connectivity index (χ1) is 14.1. The molecule has 2 fully saturated rings. The van der Waals surface area contributed by atoms with E-state index in [-0.39, 0.29) is 24.4 Å². The molecule has 1 saturated carbocycles. The predicted molar refractivity (Wildman–Crippen MR) is 116 cm³/mol. The third-order valence-corrected chi connectivity index (χ3v) is 6.21. The molecule has 9 heteroatoms. The quantitative estimate of drug-likeness (QED) is 0.686. The number of tetrazole rings is 1. The van der Waals surface area contributed by atoms with Crippen molar-refractivity contribution >= 4 is 18.3 Å². The number of nitrogens with zero attached hydrogens (tertiary/aromatic N) is 6. The summed E-state index contributed by atoms with van der Waals surface area (Å²) in [6.07, 6.45) is 8.72. The molecular formula is C21H33ClN6O2. The van der Waals surface area contributed by atoms with Crippen LogP contribution < -0.4 is 0 Å². The summed E-state index contributed by atoms with van der Waals surface area (Å²) >= 11 is 0. The second kappa shape index (κ2) is 10.4. The van der Waals surface area contributed by atoms with Crippen LogP contribution in [0.1, 0.15) is 80.8 Å². The molecule has 1 atom stereocenters. The maximum atomic E-state index is 12.6. The smallest absolute Gasteiger partial charge is 0.289 e. The van der Waals surface area contributed by atoms with Gasteiger partial charge in [-0.1, -0.05) is 33.1 Å². The summed E-state index contributed by atoms with van der Waals surface area (Å²) in [7, 11) is 0. The van der Waals surface area contributed by atoms with E-state index in [9.17, 15) is 4.79 Å². The molecule has 0 aromatic carbocycles. The highest BCUT2D eigenvalue weighted by Gasteiger charge is 2.33. The lowest BCUT2D eigenvalue weighted by atomic mass is 9.94. The number of piperazine rings is 1. The Morgan fingerprint density at radius 3 is 2.53 bits per heavy atom. The number of aromatic nitrogens is 4. The van der Waals surface area contributed by atoms with Gasteiger partial charge < -0.3 is 9.32 Å². The van der Waals surface area contributed by atoms with E-state index in [0.717, 1.165) is 38.2 Å². The molecule has 0 radical (unpaired) electrons. The summed E-state index contributed by atoms with van der Waals surface area (Å²) in [5.74, 6) is 1.93. The molecule has 3 heterocycles. The normalized spacial score (nSPS) is 19.6. The molecule has 0 spiro atoms. The number of carbonyl (C=O) groups is 1. The molecule has 2 aromatic heterocycles. The van der Waals surface area contributed by atoms with Gasteiger partial charge >= 0.3 is 0 Å². The highest BCUT2D eigenvalue weighted by molar-refractivity contribution is 5.91. The fraction of sp³-hybridized carbons (Fsp3) is 0.714. The molecule has 1 aliphatic heterocycles. The minimum Gasteiger partial charge on any atom is -0.459 e. The Kier molecular flexibility index (Phi) is 7.88. The van der Waals surface area contributed by atoms with E-state index in [1.54, 1.807) is 18.4 Å². The standard InChI is InChI=1S/C21H32N6O2.ClH/c1-16(2)15-18(20-22-23-24-27(20)17-7-4-3-5-8-17)25-10-12-26(13-11-25)21(28)19-9-6-14-29-19;/h6,9,14,16-18H,3-5,7-8,10-13,15H2,1-2H3;1H. The Morgan fingerprint density at radius 2 is 1.90 bits per heavy atom. The van der Waals surface area contributed by atoms with Crippen LogP contribution in [-0.2, 0) is 0 Å². The molecule has 8 nitrogen and oxygen atoms in total. The van der Waals surface area contributed by atoms with Crippen LogP contribution in [0.2, 0.25) is 0 Å². The zero-order valence-corrected chi connectivity index (χ0v) is 18.8. The zero-order valence-electron chi connectivity index (χ0n) is 17.9. The molecule has 2 aromatic rings. The van der Waals surface area contributed by atoms with Crippen LogP contribution >= 0.6 is 12.4 Å². The van der Waals surface area contributed by atoms with Crippen LogP contribution in [0.15, 0.2) is 22.8 Å². The van der Waals surface area contributed by atoms with Crippen molar-refractivity contribution in [1.82, 2.24) is 30.0 Å². The Bertz CT molecular complexity index is 779. The molecule has 0 N–H and O–H groups in total.